The van der Waals surface area contributed by atoms with Crippen molar-refractivity contribution in [1.29, 1.82) is 0 Å². The Morgan fingerprint density at radius 3 is 2.40 bits per heavy atom. The molecule has 2 aromatic carbocycles. The molecule has 0 spiro atoms. The minimum absolute atomic E-state index is 0.353. The van der Waals surface area contributed by atoms with Crippen LogP contribution in [0.2, 0.25) is 0 Å². The normalized spacial score (nSPS) is 17.6. The molecule has 2 aromatic rings. The van der Waals surface area contributed by atoms with E-state index in [2.05, 4.69) is 4.99 Å². The van der Waals surface area contributed by atoms with Crippen molar-refractivity contribution in [3.63, 3.8) is 0 Å². The van der Waals surface area contributed by atoms with Crippen molar-refractivity contribution in [3.8, 4) is 5.75 Å². The number of methoxy groups -OCH3 is 1. The second kappa shape index (κ2) is 5.17. The Balaban J connectivity index is 1.90. The molecule has 1 atom stereocenters. The molecule has 0 unspecified atom stereocenters. The number of hydrogen-bond acceptors (Lipinski definition) is 4. The van der Waals surface area contributed by atoms with Gasteiger partial charge in [0.05, 0.1) is 7.11 Å². The van der Waals surface area contributed by atoms with Gasteiger partial charge >= 0.3 is 5.97 Å². The number of rotatable bonds is 3. The highest BCUT2D eigenvalue weighted by Crippen LogP contribution is 2.27. The van der Waals surface area contributed by atoms with Crippen LogP contribution in [0.3, 0.4) is 0 Å². The van der Waals surface area contributed by atoms with Gasteiger partial charge < -0.3 is 9.47 Å². The lowest BCUT2D eigenvalue weighted by atomic mass is 10.1. The highest BCUT2D eigenvalue weighted by atomic mass is 16.6. The summed E-state index contributed by atoms with van der Waals surface area (Å²) in [7, 11) is 1.60. The second-order valence-corrected chi connectivity index (χ2v) is 4.40. The maximum Gasteiger partial charge on any atom is 0.342 e. The lowest BCUT2D eigenvalue weighted by Crippen LogP contribution is -2.08. The smallest absolute Gasteiger partial charge is 0.342 e. The number of esters is 1. The van der Waals surface area contributed by atoms with Crippen LogP contribution in [0.25, 0.3) is 0 Å². The van der Waals surface area contributed by atoms with Gasteiger partial charge in [-0.25, -0.2) is 9.79 Å². The predicted molar refractivity (Wildman–Crippen MR) is 74.8 cm³/mol. The van der Waals surface area contributed by atoms with Crippen LogP contribution in [-0.2, 0) is 9.53 Å². The van der Waals surface area contributed by atoms with Gasteiger partial charge in [0.2, 0.25) is 5.90 Å². The molecule has 0 bridgehead atoms. The molecule has 0 saturated carbocycles. The Morgan fingerprint density at radius 2 is 1.75 bits per heavy atom. The minimum atomic E-state index is -0.601. The van der Waals surface area contributed by atoms with E-state index in [0.717, 1.165) is 16.9 Å². The maximum atomic E-state index is 11.9. The molecule has 1 aliphatic heterocycles. The molecule has 0 amide bonds. The van der Waals surface area contributed by atoms with E-state index in [1.165, 1.54) is 0 Å². The summed E-state index contributed by atoms with van der Waals surface area (Å²) in [5, 5.41) is 0. The average molecular weight is 267 g/mol. The third-order valence-electron chi connectivity index (χ3n) is 3.12. The zero-order valence-electron chi connectivity index (χ0n) is 10.9. The van der Waals surface area contributed by atoms with Crippen LogP contribution in [0.5, 0.6) is 5.75 Å². The molecule has 3 rings (SSSR count). The summed E-state index contributed by atoms with van der Waals surface area (Å²) >= 11 is 0. The van der Waals surface area contributed by atoms with Gasteiger partial charge in [0.25, 0.3) is 0 Å². The fourth-order valence-corrected chi connectivity index (χ4v) is 2.06. The van der Waals surface area contributed by atoms with Crippen LogP contribution in [0.15, 0.2) is 59.6 Å². The summed E-state index contributed by atoms with van der Waals surface area (Å²) in [4.78, 5) is 16.3. The van der Waals surface area contributed by atoms with Crippen LogP contribution in [0, 0.1) is 0 Å². The number of carbonyl (C=O) groups is 1. The minimum Gasteiger partial charge on any atom is -0.497 e. The molecule has 20 heavy (non-hydrogen) atoms. The van der Waals surface area contributed by atoms with Crippen molar-refractivity contribution in [3.05, 3.63) is 65.7 Å². The van der Waals surface area contributed by atoms with Gasteiger partial charge in [-0.15, -0.1) is 0 Å². The third kappa shape index (κ3) is 2.28. The molecule has 0 aliphatic carbocycles. The van der Waals surface area contributed by atoms with E-state index in [9.17, 15) is 4.79 Å². The van der Waals surface area contributed by atoms with Gasteiger partial charge in [0.15, 0.2) is 6.04 Å². The summed E-state index contributed by atoms with van der Waals surface area (Å²) in [5.74, 6) is 0.762. The van der Waals surface area contributed by atoms with Gasteiger partial charge in [0.1, 0.15) is 5.75 Å². The topological polar surface area (TPSA) is 47.9 Å². The van der Waals surface area contributed by atoms with Crippen molar-refractivity contribution in [2.24, 2.45) is 4.99 Å². The number of nitrogens with zero attached hydrogens (tertiary/aromatic N) is 1. The summed E-state index contributed by atoms with van der Waals surface area (Å²) in [6, 6.07) is 16.0. The zero-order valence-corrected chi connectivity index (χ0v) is 10.9. The Kier molecular flexibility index (Phi) is 3.21. The lowest BCUT2D eigenvalue weighted by Gasteiger charge is -2.04. The van der Waals surface area contributed by atoms with Crippen LogP contribution < -0.4 is 4.74 Å². The van der Waals surface area contributed by atoms with Crippen LogP contribution >= 0.6 is 0 Å². The lowest BCUT2D eigenvalue weighted by molar-refractivity contribution is -0.135. The maximum absolute atomic E-state index is 11.9. The first-order valence-electron chi connectivity index (χ1n) is 6.27. The van der Waals surface area contributed by atoms with Crippen LogP contribution in [0.1, 0.15) is 17.2 Å². The zero-order chi connectivity index (χ0) is 13.9. The fourth-order valence-electron chi connectivity index (χ4n) is 2.06. The largest absolute Gasteiger partial charge is 0.497 e. The summed E-state index contributed by atoms with van der Waals surface area (Å²) in [6.07, 6.45) is 0. The van der Waals surface area contributed by atoms with Gasteiger partial charge in [-0.05, 0) is 29.8 Å². The first kappa shape index (κ1) is 12.4. The molecule has 4 heteroatoms. The molecule has 0 radical (unpaired) electrons. The van der Waals surface area contributed by atoms with E-state index in [1.54, 1.807) is 19.2 Å². The van der Waals surface area contributed by atoms with E-state index >= 15 is 0 Å². The Labute approximate surface area is 116 Å². The molecule has 4 nitrogen and oxygen atoms in total. The van der Waals surface area contributed by atoms with Gasteiger partial charge in [-0.1, -0.05) is 30.3 Å². The highest BCUT2D eigenvalue weighted by Gasteiger charge is 2.31. The summed E-state index contributed by atoms with van der Waals surface area (Å²) in [6.45, 7) is 0. The van der Waals surface area contributed by atoms with Crippen molar-refractivity contribution in [2.45, 2.75) is 6.04 Å². The van der Waals surface area contributed by atoms with Crippen molar-refractivity contribution >= 4 is 11.9 Å². The number of hydrogen-bond donors (Lipinski definition) is 0. The molecule has 0 fully saturated rings. The molecular weight excluding hydrogens is 254 g/mol. The van der Waals surface area contributed by atoms with E-state index in [1.807, 2.05) is 42.5 Å². The first-order chi connectivity index (χ1) is 9.78. The molecule has 100 valence electrons. The Hall–Kier alpha value is -2.62. The third-order valence-corrected chi connectivity index (χ3v) is 3.12. The predicted octanol–water partition coefficient (Wildman–Crippen LogP) is 2.74. The van der Waals surface area contributed by atoms with E-state index in [-0.39, 0.29) is 5.97 Å². The van der Waals surface area contributed by atoms with Gasteiger partial charge in [-0.2, -0.15) is 0 Å². The number of benzene rings is 2. The van der Waals surface area contributed by atoms with E-state index < -0.39 is 6.04 Å². The van der Waals surface area contributed by atoms with Crippen molar-refractivity contribution < 1.29 is 14.3 Å². The van der Waals surface area contributed by atoms with Gasteiger partial charge in [-0.3, -0.25) is 0 Å². The van der Waals surface area contributed by atoms with E-state index in [4.69, 9.17) is 9.47 Å². The van der Waals surface area contributed by atoms with Crippen molar-refractivity contribution in [1.82, 2.24) is 0 Å². The van der Waals surface area contributed by atoms with E-state index in [0.29, 0.717) is 5.90 Å². The number of cyclic esters (lactones) is 1. The van der Waals surface area contributed by atoms with Crippen LogP contribution in [0.4, 0.5) is 0 Å². The van der Waals surface area contributed by atoms with Crippen LogP contribution in [-0.4, -0.2) is 19.0 Å². The molecular formula is C16H13NO3. The molecule has 1 heterocycles. The number of aliphatic imine (C=N–C) groups is 1. The first-order valence-corrected chi connectivity index (χ1v) is 6.27. The number of carbonyl (C=O) groups excluding carboxylic acids is 1. The standard InChI is InChI=1S/C16H13NO3/c1-19-13-9-7-11(8-10-13)14-16(18)20-15(17-14)12-5-3-2-4-6-12/h2-10,14H,1H3/t14-/m1/s1. The Morgan fingerprint density at radius 1 is 1.05 bits per heavy atom. The highest BCUT2D eigenvalue weighted by molar-refractivity contribution is 6.06. The quantitative estimate of drug-likeness (QED) is 0.803. The van der Waals surface area contributed by atoms with Gasteiger partial charge in [0, 0.05) is 5.56 Å². The molecule has 0 N–H and O–H groups in total. The molecule has 1 aliphatic rings. The number of ether oxygens (including phenoxy) is 2. The molecule has 0 saturated heterocycles. The summed E-state index contributed by atoms with van der Waals surface area (Å²) in [5.41, 5.74) is 1.60. The SMILES string of the molecule is COc1ccc([C@H]2N=C(c3ccccc3)OC2=O)cc1. The second-order valence-electron chi connectivity index (χ2n) is 4.40. The fraction of sp³-hybridized carbons (Fsp3) is 0.125. The van der Waals surface area contributed by atoms with Crippen molar-refractivity contribution in [2.75, 3.05) is 7.11 Å². The molecule has 0 aromatic heterocycles. The summed E-state index contributed by atoms with van der Waals surface area (Å²) < 4.78 is 10.3. The Bertz CT molecular complexity index is 647. The monoisotopic (exact) mass is 267 g/mol. The average Bonchev–Trinajstić information content (AvgIpc) is 2.90.